The highest BCUT2D eigenvalue weighted by Crippen LogP contribution is 2.19. The van der Waals surface area contributed by atoms with Crippen molar-refractivity contribution in [1.82, 2.24) is 4.90 Å². The molecular formula is C14H28BrNO. The third-order valence-corrected chi connectivity index (χ3v) is 4.56. The number of ether oxygens (including phenoxy) is 1. The molecule has 1 aliphatic rings. The first-order valence-electron chi connectivity index (χ1n) is 7.12. The van der Waals surface area contributed by atoms with Gasteiger partial charge in [-0.3, -0.25) is 4.90 Å². The van der Waals surface area contributed by atoms with Gasteiger partial charge in [0.1, 0.15) is 0 Å². The van der Waals surface area contributed by atoms with Crippen LogP contribution < -0.4 is 0 Å². The summed E-state index contributed by atoms with van der Waals surface area (Å²) in [5.74, 6) is 0.867. The normalized spacial score (nSPS) is 28.2. The first-order chi connectivity index (χ1) is 8.21. The molecule has 0 N–H and O–H groups in total. The lowest BCUT2D eigenvalue weighted by Gasteiger charge is -2.39. The van der Waals surface area contributed by atoms with E-state index in [4.69, 9.17) is 4.74 Å². The van der Waals surface area contributed by atoms with E-state index in [2.05, 4.69) is 41.6 Å². The summed E-state index contributed by atoms with van der Waals surface area (Å²) in [6, 6.07) is 0.584. The highest BCUT2D eigenvalue weighted by molar-refractivity contribution is 9.09. The van der Waals surface area contributed by atoms with Crippen LogP contribution in [0, 0.1) is 5.92 Å². The number of alkyl halides is 1. The maximum absolute atomic E-state index is 5.78. The SMILES string of the molecule is CCCCC(CC)CN1CC(CBr)OCC1C. The van der Waals surface area contributed by atoms with Crippen molar-refractivity contribution >= 4 is 15.9 Å². The van der Waals surface area contributed by atoms with E-state index in [1.807, 2.05) is 0 Å². The number of halogens is 1. The molecule has 0 aromatic carbocycles. The zero-order chi connectivity index (χ0) is 12.7. The molecule has 0 aromatic heterocycles. The Hall–Kier alpha value is 0.400. The van der Waals surface area contributed by atoms with Crippen LogP contribution in [0.3, 0.4) is 0 Å². The van der Waals surface area contributed by atoms with Gasteiger partial charge in [0.15, 0.2) is 0 Å². The summed E-state index contributed by atoms with van der Waals surface area (Å²) in [7, 11) is 0. The summed E-state index contributed by atoms with van der Waals surface area (Å²) in [5.41, 5.74) is 0. The molecule has 1 fully saturated rings. The Morgan fingerprint density at radius 3 is 2.76 bits per heavy atom. The van der Waals surface area contributed by atoms with Gasteiger partial charge in [0.05, 0.1) is 12.7 Å². The molecule has 0 amide bonds. The van der Waals surface area contributed by atoms with Gasteiger partial charge in [0, 0.05) is 24.5 Å². The first-order valence-corrected chi connectivity index (χ1v) is 8.24. The van der Waals surface area contributed by atoms with E-state index in [0.29, 0.717) is 12.1 Å². The smallest absolute Gasteiger partial charge is 0.0799 e. The van der Waals surface area contributed by atoms with E-state index in [1.54, 1.807) is 0 Å². The minimum absolute atomic E-state index is 0.384. The second-order valence-electron chi connectivity index (χ2n) is 5.33. The number of rotatable bonds is 7. The molecule has 0 bridgehead atoms. The van der Waals surface area contributed by atoms with Crippen molar-refractivity contribution in [3.8, 4) is 0 Å². The number of morpholine rings is 1. The van der Waals surface area contributed by atoms with Crippen LogP contribution in [0.4, 0.5) is 0 Å². The van der Waals surface area contributed by atoms with E-state index >= 15 is 0 Å². The molecule has 3 unspecified atom stereocenters. The Balaban J connectivity index is 2.40. The molecule has 17 heavy (non-hydrogen) atoms. The lowest BCUT2D eigenvalue weighted by atomic mass is 9.97. The molecule has 2 nitrogen and oxygen atoms in total. The van der Waals surface area contributed by atoms with Crippen LogP contribution in [0.15, 0.2) is 0 Å². The second kappa shape index (κ2) is 8.49. The van der Waals surface area contributed by atoms with Gasteiger partial charge >= 0.3 is 0 Å². The van der Waals surface area contributed by atoms with Crippen molar-refractivity contribution in [3.05, 3.63) is 0 Å². The molecule has 3 atom stereocenters. The summed E-state index contributed by atoms with van der Waals surface area (Å²) in [6.45, 7) is 10.1. The number of hydrogen-bond acceptors (Lipinski definition) is 2. The summed E-state index contributed by atoms with van der Waals surface area (Å²) in [6.07, 6.45) is 5.77. The zero-order valence-electron chi connectivity index (χ0n) is 11.6. The van der Waals surface area contributed by atoms with Gasteiger partial charge in [0.2, 0.25) is 0 Å². The highest BCUT2D eigenvalue weighted by atomic mass is 79.9. The fourth-order valence-electron chi connectivity index (χ4n) is 2.47. The van der Waals surface area contributed by atoms with Crippen LogP contribution in [0.5, 0.6) is 0 Å². The molecule has 0 aromatic rings. The molecule has 0 aliphatic carbocycles. The van der Waals surface area contributed by atoms with Crippen molar-refractivity contribution in [2.75, 3.05) is 25.0 Å². The van der Waals surface area contributed by atoms with Crippen LogP contribution in [0.2, 0.25) is 0 Å². The average Bonchev–Trinajstić information content (AvgIpc) is 2.36. The number of hydrogen-bond donors (Lipinski definition) is 0. The molecule has 102 valence electrons. The lowest BCUT2D eigenvalue weighted by molar-refractivity contribution is -0.0521. The summed E-state index contributed by atoms with van der Waals surface area (Å²) in [5, 5.41) is 0.960. The van der Waals surface area contributed by atoms with Crippen LogP contribution >= 0.6 is 15.9 Å². The van der Waals surface area contributed by atoms with Gasteiger partial charge in [-0.05, 0) is 19.3 Å². The minimum atomic E-state index is 0.384. The fraction of sp³-hybridized carbons (Fsp3) is 1.00. The molecule has 0 radical (unpaired) electrons. The van der Waals surface area contributed by atoms with Gasteiger partial charge < -0.3 is 4.74 Å². The molecule has 1 rings (SSSR count). The highest BCUT2D eigenvalue weighted by Gasteiger charge is 2.26. The number of nitrogens with zero attached hydrogens (tertiary/aromatic N) is 1. The Bertz CT molecular complexity index is 201. The second-order valence-corrected chi connectivity index (χ2v) is 5.98. The predicted octanol–water partition coefficient (Wildman–Crippen LogP) is 3.69. The average molecular weight is 306 g/mol. The predicted molar refractivity (Wildman–Crippen MR) is 77.9 cm³/mol. The number of unbranched alkanes of at least 4 members (excludes halogenated alkanes) is 1. The standard InChI is InChI=1S/C14H28BrNO/c1-4-6-7-13(5-2)9-16-10-14(8-15)17-11-12(16)3/h12-14H,4-11H2,1-3H3. The Morgan fingerprint density at radius 1 is 1.41 bits per heavy atom. The molecule has 1 aliphatic heterocycles. The molecule has 1 heterocycles. The van der Waals surface area contributed by atoms with Gasteiger partial charge in [-0.2, -0.15) is 0 Å². The van der Waals surface area contributed by atoms with Crippen LogP contribution in [0.25, 0.3) is 0 Å². The summed E-state index contributed by atoms with van der Waals surface area (Å²) >= 11 is 3.53. The van der Waals surface area contributed by atoms with Gasteiger partial charge in [0.25, 0.3) is 0 Å². The molecule has 1 saturated heterocycles. The third-order valence-electron chi connectivity index (χ3n) is 3.84. The maximum Gasteiger partial charge on any atom is 0.0799 e. The zero-order valence-corrected chi connectivity index (χ0v) is 13.2. The van der Waals surface area contributed by atoms with Gasteiger partial charge in [-0.1, -0.05) is 49.0 Å². The molecule has 0 saturated carbocycles. The fourth-order valence-corrected chi connectivity index (χ4v) is 2.86. The van der Waals surface area contributed by atoms with E-state index in [1.165, 1.54) is 32.2 Å². The van der Waals surface area contributed by atoms with Crippen LogP contribution in [-0.2, 0) is 4.74 Å². The van der Waals surface area contributed by atoms with Crippen molar-refractivity contribution in [2.24, 2.45) is 5.92 Å². The van der Waals surface area contributed by atoms with Crippen molar-refractivity contribution in [2.45, 2.75) is 58.6 Å². The van der Waals surface area contributed by atoms with Crippen molar-refractivity contribution < 1.29 is 4.74 Å². The van der Waals surface area contributed by atoms with E-state index in [-0.39, 0.29) is 0 Å². The van der Waals surface area contributed by atoms with Crippen molar-refractivity contribution in [1.29, 1.82) is 0 Å². The van der Waals surface area contributed by atoms with Crippen LogP contribution in [0.1, 0.15) is 46.5 Å². The molecule has 3 heteroatoms. The lowest BCUT2D eigenvalue weighted by Crippen LogP contribution is -2.50. The Labute approximate surface area is 115 Å². The molecule has 0 spiro atoms. The van der Waals surface area contributed by atoms with Gasteiger partial charge in [-0.25, -0.2) is 0 Å². The third kappa shape index (κ3) is 5.27. The maximum atomic E-state index is 5.78. The quantitative estimate of drug-likeness (QED) is 0.665. The topological polar surface area (TPSA) is 12.5 Å². The van der Waals surface area contributed by atoms with Crippen LogP contribution in [-0.4, -0.2) is 42.1 Å². The first kappa shape index (κ1) is 15.5. The van der Waals surface area contributed by atoms with Crippen molar-refractivity contribution in [3.63, 3.8) is 0 Å². The molecular weight excluding hydrogens is 278 g/mol. The van der Waals surface area contributed by atoms with Gasteiger partial charge in [-0.15, -0.1) is 0 Å². The monoisotopic (exact) mass is 305 g/mol. The minimum Gasteiger partial charge on any atom is -0.374 e. The van der Waals surface area contributed by atoms with E-state index in [9.17, 15) is 0 Å². The Morgan fingerprint density at radius 2 is 2.18 bits per heavy atom. The summed E-state index contributed by atoms with van der Waals surface area (Å²) < 4.78 is 5.78. The summed E-state index contributed by atoms with van der Waals surface area (Å²) in [4.78, 5) is 2.62. The largest absolute Gasteiger partial charge is 0.374 e. The Kier molecular flexibility index (Phi) is 7.72. The van der Waals surface area contributed by atoms with E-state index in [0.717, 1.165) is 24.4 Å². The van der Waals surface area contributed by atoms with E-state index < -0.39 is 0 Å².